The van der Waals surface area contributed by atoms with Crippen molar-refractivity contribution in [3.63, 3.8) is 0 Å². The average molecular weight is 170 g/mol. The van der Waals surface area contributed by atoms with E-state index < -0.39 is 0 Å². The maximum Gasteiger partial charge on any atom is 0.123 e. The molecule has 0 bridgehead atoms. The number of rotatable bonds is 2. The molecule has 0 aliphatic carbocycles. The molecule has 0 saturated heterocycles. The lowest BCUT2D eigenvalue weighted by molar-refractivity contribution is 0.339. The zero-order valence-corrected chi connectivity index (χ0v) is 7.19. The standard InChI is InChI=1S/C9H10ClO/c1-3-11-9-6-4-5-8(10)7(9)2/h4-6H,2-3H2,1H3. The lowest BCUT2D eigenvalue weighted by Crippen LogP contribution is -1.93. The molecule has 0 spiro atoms. The molecule has 1 aromatic carbocycles. The Morgan fingerprint density at radius 1 is 1.55 bits per heavy atom. The van der Waals surface area contributed by atoms with Crippen LogP contribution in [0.2, 0.25) is 5.02 Å². The molecule has 0 amide bonds. The predicted octanol–water partition coefficient (Wildman–Crippen LogP) is 2.92. The van der Waals surface area contributed by atoms with E-state index in [2.05, 4.69) is 6.92 Å². The normalized spacial score (nSPS) is 9.73. The second kappa shape index (κ2) is 3.63. The Labute approximate surface area is 71.9 Å². The summed E-state index contributed by atoms with van der Waals surface area (Å²) in [5, 5.41) is 0.649. The van der Waals surface area contributed by atoms with Crippen LogP contribution in [0.3, 0.4) is 0 Å². The molecule has 0 atom stereocenters. The topological polar surface area (TPSA) is 9.23 Å². The van der Waals surface area contributed by atoms with Gasteiger partial charge in [-0.15, -0.1) is 0 Å². The first kappa shape index (κ1) is 8.41. The van der Waals surface area contributed by atoms with Gasteiger partial charge in [0.25, 0.3) is 0 Å². The van der Waals surface area contributed by atoms with E-state index in [1.165, 1.54) is 0 Å². The Kier molecular flexibility index (Phi) is 2.77. The van der Waals surface area contributed by atoms with Crippen molar-refractivity contribution in [1.82, 2.24) is 0 Å². The van der Waals surface area contributed by atoms with Crippen LogP contribution in [0.1, 0.15) is 12.5 Å². The minimum absolute atomic E-state index is 0.642. The van der Waals surface area contributed by atoms with Gasteiger partial charge in [0.1, 0.15) is 5.75 Å². The summed E-state index contributed by atoms with van der Waals surface area (Å²) in [6, 6.07) is 5.51. The van der Waals surface area contributed by atoms with Crippen LogP contribution >= 0.6 is 11.6 Å². The zero-order valence-electron chi connectivity index (χ0n) is 6.43. The van der Waals surface area contributed by atoms with Gasteiger partial charge in [-0.1, -0.05) is 17.7 Å². The summed E-state index contributed by atoms with van der Waals surface area (Å²) < 4.78 is 5.27. The van der Waals surface area contributed by atoms with E-state index in [4.69, 9.17) is 16.3 Å². The van der Waals surface area contributed by atoms with E-state index >= 15 is 0 Å². The van der Waals surface area contributed by atoms with Gasteiger partial charge in [-0.3, -0.25) is 0 Å². The number of benzene rings is 1. The van der Waals surface area contributed by atoms with Crippen molar-refractivity contribution in [2.45, 2.75) is 6.92 Å². The van der Waals surface area contributed by atoms with Crippen LogP contribution in [0.5, 0.6) is 5.75 Å². The highest BCUT2D eigenvalue weighted by molar-refractivity contribution is 6.31. The summed E-state index contributed by atoms with van der Waals surface area (Å²) in [6.45, 7) is 6.35. The highest BCUT2D eigenvalue weighted by Crippen LogP contribution is 2.24. The van der Waals surface area contributed by atoms with Gasteiger partial charge in [-0.05, 0) is 26.0 Å². The molecule has 0 N–H and O–H groups in total. The third kappa shape index (κ3) is 1.87. The Morgan fingerprint density at radius 2 is 2.27 bits per heavy atom. The van der Waals surface area contributed by atoms with E-state index in [9.17, 15) is 0 Å². The van der Waals surface area contributed by atoms with Crippen LogP contribution in [0.4, 0.5) is 0 Å². The van der Waals surface area contributed by atoms with Gasteiger partial charge in [0.15, 0.2) is 0 Å². The third-order valence-corrected chi connectivity index (χ3v) is 1.73. The quantitative estimate of drug-likeness (QED) is 0.662. The third-order valence-electron chi connectivity index (χ3n) is 1.38. The molecule has 1 rings (SSSR count). The van der Waals surface area contributed by atoms with Crippen molar-refractivity contribution in [3.8, 4) is 5.75 Å². The van der Waals surface area contributed by atoms with Crippen molar-refractivity contribution < 1.29 is 4.74 Å². The molecule has 0 heterocycles. The largest absolute Gasteiger partial charge is 0.494 e. The van der Waals surface area contributed by atoms with E-state index in [0.717, 1.165) is 11.3 Å². The average Bonchev–Trinajstić information content (AvgIpc) is 1.99. The monoisotopic (exact) mass is 169 g/mol. The van der Waals surface area contributed by atoms with Crippen molar-refractivity contribution in [2.75, 3.05) is 6.61 Å². The number of hydrogen-bond acceptors (Lipinski definition) is 1. The van der Waals surface area contributed by atoms with Gasteiger partial charge in [-0.25, -0.2) is 0 Å². The second-order valence-electron chi connectivity index (χ2n) is 2.15. The first-order chi connectivity index (χ1) is 5.25. The SMILES string of the molecule is [CH2]c1c(Cl)cccc1OCC. The zero-order chi connectivity index (χ0) is 8.27. The molecule has 1 nitrogen and oxygen atoms in total. The van der Waals surface area contributed by atoms with E-state index in [-0.39, 0.29) is 0 Å². The van der Waals surface area contributed by atoms with Gasteiger partial charge in [0.05, 0.1) is 6.61 Å². The van der Waals surface area contributed by atoms with E-state index in [1.807, 2.05) is 19.1 Å². The maximum absolute atomic E-state index is 5.81. The molecule has 0 aliphatic heterocycles. The smallest absolute Gasteiger partial charge is 0.123 e. The molecule has 0 aromatic heterocycles. The fourth-order valence-corrected chi connectivity index (χ4v) is 0.995. The fourth-order valence-electron chi connectivity index (χ4n) is 0.830. The van der Waals surface area contributed by atoms with E-state index in [1.54, 1.807) is 6.07 Å². The fraction of sp³-hybridized carbons (Fsp3) is 0.222. The summed E-state index contributed by atoms with van der Waals surface area (Å²) in [4.78, 5) is 0. The predicted molar refractivity (Wildman–Crippen MR) is 47.1 cm³/mol. The van der Waals surface area contributed by atoms with Gasteiger partial charge >= 0.3 is 0 Å². The highest BCUT2D eigenvalue weighted by Gasteiger charge is 2.00. The van der Waals surface area contributed by atoms with Crippen LogP contribution in [0.15, 0.2) is 18.2 Å². The summed E-state index contributed by atoms with van der Waals surface area (Å²) in [5.74, 6) is 0.764. The van der Waals surface area contributed by atoms with Crippen LogP contribution in [0, 0.1) is 6.92 Å². The minimum Gasteiger partial charge on any atom is -0.494 e. The Morgan fingerprint density at radius 3 is 2.91 bits per heavy atom. The Balaban J connectivity index is 2.96. The van der Waals surface area contributed by atoms with Gasteiger partial charge in [0.2, 0.25) is 0 Å². The maximum atomic E-state index is 5.81. The molecule has 0 fully saturated rings. The van der Waals surface area contributed by atoms with Crippen molar-refractivity contribution in [1.29, 1.82) is 0 Å². The van der Waals surface area contributed by atoms with Crippen LogP contribution in [-0.2, 0) is 0 Å². The number of hydrogen-bond donors (Lipinski definition) is 0. The van der Waals surface area contributed by atoms with Crippen molar-refractivity contribution >= 4 is 11.6 Å². The number of ether oxygens (including phenoxy) is 1. The summed E-state index contributed by atoms with van der Waals surface area (Å²) in [7, 11) is 0. The number of halogens is 1. The molecular weight excluding hydrogens is 160 g/mol. The lowest BCUT2D eigenvalue weighted by atomic mass is 10.2. The second-order valence-corrected chi connectivity index (χ2v) is 2.56. The molecule has 59 valence electrons. The molecule has 0 aliphatic rings. The van der Waals surface area contributed by atoms with Crippen molar-refractivity contribution in [3.05, 3.63) is 35.7 Å². The first-order valence-electron chi connectivity index (χ1n) is 3.49. The highest BCUT2D eigenvalue weighted by atomic mass is 35.5. The van der Waals surface area contributed by atoms with Crippen molar-refractivity contribution in [2.24, 2.45) is 0 Å². The first-order valence-corrected chi connectivity index (χ1v) is 3.86. The molecular formula is C9H10ClO. The Bertz CT molecular complexity index is 245. The lowest BCUT2D eigenvalue weighted by Gasteiger charge is -2.06. The molecule has 0 saturated carbocycles. The molecule has 0 unspecified atom stereocenters. The minimum atomic E-state index is 0.642. The van der Waals surface area contributed by atoms with Crippen LogP contribution in [0.25, 0.3) is 0 Å². The van der Waals surface area contributed by atoms with Crippen LogP contribution < -0.4 is 4.74 Å². The molecule has 11 heavy (non-hydrogen) atoms. The molecule has 2 heteroatoms. The van der Waals surface area contributed by atoms with Crippen LogP contribution in [-0.4, -0.2) is 6.61 Å². The van der Waals surface area contributed by atoms with Gasteiger partial charge in [0, 0.05) is 10.6 Å². The molecule has 1 radical (unpaired) electrons. The van der Waals surface area contributed by atoms with Gasteiger partial charge in [-0.2, -0.15) is 0 Å². The van der Waals surface area contributed by atoms with Gasteiger partial charge < -0.3 is 4.74 Å². The summed E-state index contributed by atoms with van der Waals surface area (Å²) >= 11 is 5.81. The Hall–Kier alpha value is -0.690. The molecule has 1 aromatic rings. The summed E-state index contributed by atoms with van der Waals surface area (Å²) in [6.07, 6.45) is 0. The summed E-state index contributed by atoms with van der Waals surface area (Å²) in [5.41, 5.74) is 0.760. The van der Waals surface area contributed by atoms with E-state index in [0.29, 0.717) is 11.6 Å².